The Morgan fingerprint density at radius 1 is 0.414 bits per heavy atom. The lowest BCUT2D eigenvalue weighted by molar-refractivity contribution is 0.591. The monoisotopic (exact) mass is 978 g/mol. The summed E-state index contributed by atoms with van der Waals surface area (Å²) in [6, 6.07) is 47.2. The highest BCUT2D eigenvalue weighted by Crippen LogP contribution is 2.54. The van der Waals surface area contributed by atoms with Crippen molar-refractivity contribution >= 4 is 142 Å². The van der Waals surface area contributed by atoms with Gasteiger partial charge in [-0.25, -0.2) is 0 Å². The molecule has 6 heterocycles. The topological polar surface area (TPSA) is 6.48 Å². The standard InChI is InChI=1S/C63H55BN2S4/c1-34-24-49-57-50(25-34)66(59-37(4)28-40(29-38(59)5)48-33-68-52-19-15-13-17-44(48)52)61-56(46-31-42(63(9,10)11)21-23-54(46)70-61)64(57)55-45-30-41(62(6,7)8)20-22-53(45)69-60(55)65(49)58-35(2)26-39(27-36(58)3)47-32-67-51-18-14-12-16-43(47)51/h12-33H,1-11H3. The minimum atomic E-state index is -0.00584. The van der Waals surface area contributed by atoms with E-state index in [0.717, 1.165) is 0 Å². The largest absolute Gasteiger partial charge is 0.302 e. The van der Waals surface area contributed by atoms with Gasteiger partial charge in [-0.2, -0.15) is 0 Å². The lowest BCUT2D eigenvalue weighted by Crippen LogP contribution is -2.60. The Morgan fingerprint density at radius 3 is 1.21 bits per heavy atom. The van der Waals surface area contributed by atoms with E-state index in [-0.39, 0.29) is 17.5 Å². The smallest absolute Gasteiger partial charge is 0.256 e. The first kappa shape index (κ1) is 44.0. The summed E-state index contributed by atoms with van der Waals surface area (Å²) in [5, 5.41) is 12.8. The van der Waals surface area contributed by atoms with E-state index in [1.807, 2.05) is 45.3 Å². The summed E-state index contributed by atoms with van der Waals surface area (Å²) in [6.45, 7) is 25.8. The van der Waals surface area contributed by atoms with Gasteiger partial charge >= 0.3 is 0 Å². The van der Waals surface area contributed by atoms with Crippen molar-refractivity contribution in [3.63, 3.8) is 0 Å². The third-order valence-electron chi connectivity index (χ3n) is 15.2. The van der Waals surface area contributed by atoms with Gasteiger partial charge in [-0.1, -0.05) is 102 Å². The number of hydrogen-bond acceptors (Lipinski definition) is 6. The molecular formula is C63H55BN2S4. The third-order valence-corrected chi connectivity index (χ3v) is 19.5. The van der Waals surface area contributed by atoms with Crippen molar-refractivity contribution in [3.05, 3.63) is 171 Å². The number of thiophene rings is 4. The van der Waals surface area contributed by atoms with Crippen LogP contribution in [0.1, 0.15) is 80.5 Å². The number of benzene rings is 7. The molecule has 0 aliphatic carbocycles. The van der Waals surface area contributed by atoms with Gasteiger partial charge in [0.15, 0.2) is 0 Å². The quantitative estimate of drug-likeness (QED) is 0.162. The van der Waals surface area contributed by atoms with Crippen LogP contribution in [0.4, 0.5) is 32.8 Å². The van der Waals surface area contributed by atoms with Gasteiger partial charge < -0.3 is 9.80 Å². The number of anilines is 6. The summed E-state index contributed by atoms with van der Waals surface area (Å²) in [4.78, 5) is 5.39. The van der Waals surface area contributed by atoms with E-state index in [9.17, 15) is 0 Å². The number of aryl methyl sites for hydroxylation is 5. The molecule has 0 saturated carbocycles. The Morgan fingerprint density at radius 2 is 0.814 bits per heavy atom. The van der Waals surface area contributed by atoms with Crippen LogP contribution in [0.5, 0.6) is 0 Å². The fraction of sp³-hybridized carbons (Fsp3) is 0.206. The van der Waals surface area contributed by atoms with Crippen LogP contribution >= 0.6 is 45.3 Å². The molecule has 0 N–H and O–H groups in total. The number of rotatable bonds is 4. The molecule has 0 spiro atoms. The van der Waals surface area contributed by atoms with Gasteiger partial charge in [-0.3, -0.25) is 0 Å². The molecule has 0 atom stereocenters. The Kier molecular flexibility index (Phi) is 9.76. The van der Waals surface area contributed by atoms with Crippen LogP contribution in [0.25, 0.3) is 62.6 Å². The SMILES string of the molecule is Cc1cc2c3c(c1)N(c1c(C)cc(-c4csc5ccccc45)cc1C)c1sc4ccc(C(C)(C)C)cc4c1B3c1c(sc3ccc(C(C)(C)C)cc13)N2c1c(C)cc(-c2csc3ccccc23)cc1C. The van der Waals surface area contributed by atoms with Crippen molar-refractivity contribution in [1.82, 2.24) is 0 Å². The highest BCUT2D eigenvalue weighted by Gasteiger charge is 2.48. The van der Waals surface area contributed by atoms with Gasteiger partial charge in [0.1, 0.15) is 0 Å². The Bertz CT molecular complexity index is 3710. The van der Waals surface area contributed by atoms with Crippen LogP contribution in [0.3, 0.4) is 0 Å². The van der Waals surface area contributed by atoms with E-state index in [1.54, 1.807) is 0 Å². The van der Waals surface area contributed by atoms with Crippen LogP contribution in [-0.4, -0.2) is 6.71 Å². The minimum Gasteiger partial charge on any atom is -0.302 e. The molecule has 7 heteroatoms. The van der Waals surface area contributed by atoms with Gasteiger partial charge in [0.05, 0.1) is 21.4 Å². The normalized spacial score (nSPS) is 13.6. The maximum absolute atomic E-state index is 2.70. The fourth-order valence-electron chi connectivity index (χ4n) is 11.9. The van der Waals surface area contributed by atoms with E-state index < -0.39 is 0 Å². The molecule has 7 aromatic carbocycles. The molecule has 344 valence electrons. The molecule has 2 nitrogen and oxygen atoms in total. The number of hydrogen-bond donors (Lipinski definition) is 0. The van der Waals surface area contributed by atoms with Crippen LogP contribution in [0.2, 0.25) is 0 Å². The van der Waals surface area contributed by atoms with E-state index in [2.05, 4.69) is 218 Å². The molecule has 70 heavy (non-hydrogen) atoms. The zero-order chi connectivity index (χ0) is 48.3. The summed E-state index contributed by atoms with van der Waals surface area (Å²) < 4.78 is 5.34. The second-order valence-corrected chi connectivity index (χ2v) is 26.0. The summed E-state index contributed by atoms with van der Waals surface area (Å²) in [6.07, 6.45) is 0. The van der Waals surface area contributed by atoms with Gasteiger partial charge in [0, 0.05) is 52.1 Å². The van der Waals surface area contributed by atoms with Crippen molar-refractivity contribution in [1.29, 1.82) is 0 Å². The molecule has 11 aromatic rings. The van der Waals surface area contributed by atoms with Crippen LogP contribution in [0, 0.1) is 34.6 Å². The first-order valence-corrected chi connectivity index (χ1v) is 28.0. The zero-order valence-corrected chi connectivity index (χ0v) is 45.1. The van der Waals surface area contributed by atoms with Crippen LogP contribution in [-0.2, 0) is 10.8 Å². The van der Waals surface area contributed by atoms with E-state index in [1.165, 1.54) is 151 Å². The first-order valence-electron chi connectivity index (χ1n) is 24.6. The second-order valence-electron chi connectivity index (χ2n) is 22.1. The molecule has 4 aromatic heterocycles. The average molecular weight is 979 g/mol. The summed E-state index contributed by atoms with van der Waals surface area (Å²) in [5.74, 6) is 0. The predicted molar refractivity (Wildman–Crippen MR) is 314 cm³/mol. The van der Waals surface area contributed by atoms with E-state index in [0.29, 0.717) is 0 Å². The number of nitrogens with zero attached hydrogens (tertiary/aromatic N) is 2. The van der Waals surface area contributed by atoms with Crippen LogP contribution < -0.4 is 26.2 Å². The Hall–Kier alpha value is -5.96. The van der Waals surface area contributed by atoms with Gasteiger partial charge in [0.25, 0.3) is 6.71 Å². The second kappa shape index (κ2) is 15.5. The van der Waals surface area contributed by atoms with E-state index in [4.69, 9.17) is 0 Å². The summed E-state index contributed by atoms with van der Waals surface area (Å²) in [5.41, 5.74) is 23.7. The summed E-state index contributed by atoms with van der Waals surface area (Å²) >= 11 is 7.62. The highest BCUT2D eigenvalue weighted by molar-refractivity contribution is 7.29. The summed E-state index contributed by atoms with van der Waals surface area (Å²) in [7, 11) is 0. The molecule has 0 radical (unpaired) electrons. The Labute approximate surface area is 428 Å². The van der Waals surface area contributed by atoms with Crippen molar-refractivity contribution in [2.75, 3.05) is 9.80 Å². The molecular weight excluding hydrogens is 924 g/mol. The molecule has 2 aliphatic heterocycles. The predicted octanol–water partition coefficient (Wildman–Crippen LogP) is 18.1. The maximum atomic E-state index is 2.70. The van der Waals surface area contributed by atoms with Crippen molar-refractivity contribution < 1.29 is 0 Å². The third kappa shape index (κ3) is 6.54. The Balaban J connectivity index is 1.13. The van der Waals surface area contributed by atoms with Crippen LogP contribution in [0.15, 0.2) is 132 Å². The molecule has 13 rings (SSSR count). The molecule has 0 fully saturated rings. The lowest BCUT2D eigenvalue weighted by Gasteiger charge is -2.43. The minimum absolute atomic E-state index is 0.00584. The fourth-order valence-corrected chi connectivity index (χ4v) is 16.3. The molecule has 0 bridgehead atoms. The molecule has 2 aliphatic rings. The first-order chi connectivity index (χ1) is 33.5. The molecule has 0 saturated heterocycles. The molecule has 0 amide bonds. The van der Waals surface area contributed by atoms with Crippen molar-refractivity contribution in [3.8, 4) is 22.3 Å². The van der Waals surface area contributed by atoms with Gasteiger partial charge in [-0.15, -0.1) is 45.3 Å². The average Bonchev–Trinajstić information content (AvgIpc) is 4.12. The number of fused-ring (bicyclic) bond motifs is 10. The van der Waals surface area contributed by atoms with Gasteiger partial charge in [0.2, 0.25) is 0 Å². The lowest BCUT2D eigenvalue weighted by atomic mass is 9.33. The van der Waals surface area contributed by atoms with Crippen molar-refractivity contribution in [2.45, 2.75) is 87.0 Å². The molecule has 0 unspecified atom stereocenters. The van der Waals surface area contributed by atoms with Crippen molar-refractivity contribution in [2.24, 2.45) is 0 Å². The maximum Gasteiger partial charge on any atom is 0.256 e. The zero-order valence-electron chi connectivity index (χ0n) is 41.8. The van der Waals surface area contributed by atoms with E-state index >= 15 is 0 Å². The van der Waals surface area contributed by atoms with Gasteiger partial charge in [-0.05, 0) is 194 Å². The highest BCUT2D eigenvalue weighted by atomic mass is 32.1.